The van der Waals surface area contributed by atoms with Crippen molar-refractivity contribution >= 4 is 58.6 Å². The topological polar surface area (TPSA) is 496 Å². The molecule has 0 bridgehead atoms. The Kier molecular flexibility index (Phi) is 28.1. The van der Waals surface area contributed by atoms with Crippen molar-refractivity contribution in [3.63, 3.8) is 0 Å². The fourth-order valence-corrected chi connectivity index (χ4v) is 10.3. The van der Waals surface area contributed by atoms with Crippen molar-refractivity contribution in [1.82, 2.24) is 36.1 Å². The monoisotopic (exact) mass is 1210 g/mol. The Labute approximate surface area is 490 Å². The van der Waals surface area contributed by atoms with E-state index in [1.807, 2.05) is 0 Å². The molecule has 3 fully saturated rings. The molecular formula is C54H86N8O23. The number of rotatable bonds is 34. The van der Waals surface area contributed by atoms with Crippen LogP contribution in [0.2, 0.25) is 0 Å². The number of ether oxygens (including phenoxy) is 4. The second-order valence-electron chi connectivity index (χ2n) is 22.4. The van der Waals surface area contributed by atoms with Gasteiger partial charge < -0.3 is 102 Å². The number of carboxylic acids is 1. The van der Waals surface area contributed by atoms with Crippen LogP contribution < -0.4 is 27.0 Å². The van der Waals surface area contributed by atoms with E-state index in [1.54, 1.807) is 13.8 Å². The molecule has 1 aromatic rings. The van der Waals surface area contributed by atoms with Crippen LogP contribution in [0.25, 0.3) is 0 Å². The second kappa shape index (κ2) is 33.4. The molecule has 4 heterocycles. The van der Waals surface area contributed by atoms with Gasteiger partial charge in [-0.05, 0) is 39.5 Å². The van der Waals surface area contributed by atoms with Crippen molar-refractivity contribution < 1.29 is 113 Å². The number of carbonyl (C=O) groups is 10. The summed E-state index contributed by atoms with van der Waals surface area (Å²) in [7, 11) is 0. The number of Topliss-reactive ketones (excluding diaryl/α,β-unsaturated/α-hetero) is 4. The quantitative estimate of drug-likeness (QED) is 0.0306. The zero-order valence-electron chi connectivity index (χ0n) is 48.7. The number of aliphatic hydroxyl groups excluding tert-OH is 8. The summed E-state index contributed by atoms with van der Waals surface area (Å²) in [4.78, 5) is 142. The van der Waals surface area contributed by atoms with Crippen LogP contribution in [0, 0.1) is 29.6 Å². The summed E-state index contributed by atoms with van der Waals surface area (Å²) in [5.74, 6) is -14.2. The minimum absolute atomic E-state index is 0.00640. The third kappa shape index (κ3) is 19.6. The van der Waals surface area contributed by atoms with Gasteiger partial charge in [0.2, 0.25) is 29.5 Å². The Morgan fingerprint density at radius 2 is 1.40 bits per heavy atom. The van der Waals surface area contributed by atoms with E-state index in [2.05, 4.69) is 31.2 Å². The molecule has 0 radical (unpaired) electrons. The lowest BCUT2D eigenvalue weighted by Crippen LogP contribution is -2.63. The number of aromatic amines is 1. The maximum Gasteiger partial charge on any atom is 0.304 e. The first-order valence-corrected chi connectivity index (χ1v) is 28.4. The average Bonchev–Trinajstić information content (AvgIpc) is 3.51. The van der Waals surface area contributed by atoms with E-state index in [0.717, 1.165) is 4.90 Å². The van der Waals surface area contributed by atoms with Crippen LogP contribution in [-0.2, 0) is 73.3 Å². The standard InChI is InChI=1S/C54H86N8O23/c1-8-35(68)42(27(7)82-53-24(4)47(44(74)39(21-65)83-53)85-54-46(76)45(75)43(73)38(20-64)84-54)61-48(77)28(14-40(71)72)12-36(69)34-10-9-11-62(34)52(81)25(5)59-49(78)29(19-63)13-37(70)41(26(6)66)60-50(79)32(23(2)3)16-31(67)18-57-51(80)33(55)15-30-17-56-22-58-30/h17,22-29,32-34,38-39,41-47,53-54,63-66,73-76H,8-16,18-21,55H2,1-7H3,(H,56,58)(H,57,80)(H,59,78)(H,60,79)(H,61,77)(H,71,72)/t24?,25-,26?,27?,28-,29-,32-,33-,34-,38?,39?,41-,42-,43-,44-,45-,46?,47+,53-,54-/m0/s1. The summed E-state index contributed by atoms with van der Waals surface area (Å²) in [5, 5.41) is 103. The van der Waals surface area contributed by atoms with E-state index in [-0.39, 0.29) is 38.6 Å². The average molecular weight is 1220 g/mol. The first-order valence-electron chi connectivity index (χ1n) is 28.4. The normalized spacial score (nSPS) is 27.4. The Bertz CT molecular complexity index is 2430. The number of H-pyrrole nitrogens is 1. The predicted octanol–water partition coefficient (Wildman–Crippen LogP) is -5.63. The van der Waals surface area contributed by atoms with Crippen LogP contribution in [0.3, 0.4) is 0 Å². The number of hydrogen-bond acceptors (Lipinski definition) is 24. The predicted molar refractivity (Wildman–Crippen MR) is 290 cm³/mol. The maximum absolute atomic E-state index is 14.0. The number of carbonyl (C=O) groups excluding carboxylic acids is 9. The zero-order valence-corrected chi connectivity index (χ0v) is 48.7. The molecule has 480 valence electrons. The molecule has 6 unspecified atom stereocenters. The van der Waals surface area contributed by atoms with Crippen LogP contribution in [0.5, 0.6) is 0 Å². The zero-order chi connectivity index (χ0) is 63.7. The lowest BCUT2D eigenvalue weighted by Gasteiger charge is -2.47. The number of nitrogens with two attached hydrogens (primary N) is 1. The van der Waals surface area contributed by atoms with Gasteiger partial charge in [-0.1, -0.05) is 27.7 Å². The van der Waals surface area contributed by atoms with E-state index in [4.69, 9.17) is 24.7 Å². The van der Waals surface area contributed by atoms with E-state index in [0.29, 0.717) is 5.69 Å². The molecule has 20 atom stereocenters. The number of aromatic nitrogens is 2. The molecule has 1 aromatic heterocycles. The molecule has 4 rings (SSSR count). The molecule has 3 saturated heterocycles. The van der Waals surface area contributed by atoms with Gasteiger partial charge in [0.1, 0.15) is 54.7 Å². The van der Waals surface area contributed by atoms with Gasteiger partial charge in [-0.2, -0.15) is 0 Å². The summed E-state index contributed by atoms with van der Waals surface area (Å²) >= 11 is 0. The number of imidazole rings is 1. The van der Waals surface area contributed by atoms with Crippen LogP contribution in [0.15, 0.2) is 12.5 Å². The number of nitrogens with one attached hydrogen (secondary N) is 5. The molecule has 0 spiro atoms. The summed E-state index contributed by atoms with van der Waals surface area (Å²) in [6, 6.07) is -6.75. The molecular weight excluding hydrogens is 1130 g/mol. The van der Waals surface area contributed by atoms with Crippen LogP contribution in [0.1, 0.15) is 99.1 Å². The Morgan fingerprint density at radius 3 is 1.98 bits per heavy atom. The van der Waals surface area contributed by atoms with E-state index < -0.39 is 232 Å². The number of hydrogen-bond donors (Lipinski definition) is 15. The number of amides is 5. The van der Waals surface area contributed by atoms with Crippen molar-refractivity contribution in [3.05, 3.63) is 18.2 Å². The molecule has 0 aromatic carbocycles. The fourth-order valence-electron chi connectivity index (χ4n) is 10.3. The highest BCUT2D eigenvalue weighted by Crippen LogP contribution is 2.34. The van der Waals surface area contributed by atoms with E-state index in [9.17, 15) is 93.9 Å². The summed E-state index contributed by atoms with van der Waals surface area (Å²) in [6.07, 6.45) is -16.8. The second-order valence-corrected chi connectivity index (χ2v) is 22.4. The summed E-state index contributed by atoms with van der Waals surface area (Å²) in [6.45, 7) is 7.07. The molecule has 85 heavy (non-hydrogen) atoms. The highest BCUT2D eigenvalue weighted by molar-refractivity contribution is 5.98. The van der Waals surface area contributed by atoms with Gasteiger partial charge in [-0.3, -0.25) is 47.9 Å². The first kappa shape index (κ1) is 71.7. The summed E-state index contributed by atoms with van der Waals surface area (Å²) < 4.78 is 23.2. The van der Waals surface area contributed by atoms with Crippen LogP contribution in [-0.4, -0.2) is 250 Å². The van der Waals surface area contributed by atoms with Crippen molar-refractivity contribution in [2.75, 3.05) is 32.9 Å². The van der Waals surface area contributed by atoms with E-state index >= 15 is 0 Å². The molecule has 5 amide bonds. The Hall–Kier alpha value is -5.81. The van der Waals surface area contributed by atoms with Crippen molar-refractivity contribution in [3.8, 4) is 0 Å². The van der Waals surface area contributed by atoms with Gasteiger partial charge in [0.25, 0.3) is 0 Å². The van der Waals surface area contributed by atoms with Crippen LogP contribution >= 0.6 is 0 Å². The fraction of sp³-hybridized carbons (Fsp3) is 0.759. The van der Waals surface area contributed by atoms with E-state index in [1.165, 1.54) is 47.1 Å². The number of likely N-dealkylation sites (tertiary alicyclic amines) is 1. The lowest BCUT2D eigenvalue weighted by atomic mass is 9.88. The van der Waals surface area contributed by atoms with Gasteiger partial charge in [0.15, 0.2) is 35.7 Å². The third-order valence-corrected chi connectivity index (χ3v) is 15.5. The summed E-state index contributed by atoms with van der Waals surface area (Å²) in [5.41, 5.74) is 6.53. The molecule has 31 heteroatoms. The minimum atomic E-state index is -1.87. The number of aliphatic carboxylic acids is 1. The first-order chi connectivity index (χ1) is 40.0. The van der Waals surface area contributed by atoms with Crippen molar-refractivity contribution in [1.29, 1.82) is 0 Å². The SMILES string of the molecule is CCC(=O)[C@@H](NC(=O)[C@H](CC(=O)O)CC(=O)[C@@H]1CCCN1C(=O)[C@H](C)NC(=O)[C@H](CO)CC(=O)[C@@H](NC(=O)[C@@H](CC(=O)CNC(=O)[C@@H](N)Cc1cnc[nH]1)C(C)C)C(C)O)C(C)O[C@H]1OC(CO)[C@H](O)[C@H](O[C@@H]2OC(CO)[C@H](O)[C@H](O)C2O)C1C. The molecule has 31 nitrogen and oxygen atoms in total. The van der Waals surface area contributed by atoms with Gasteiger partial charge >= 0.3 is 5.97 Å². The van der Waals surface area contributed by atoms with Crippen LogP contribution in [0.4, 0.5) is 0 Å². The number of nitrogens with zero attached hydrogens (tertiary/aromatic N) is 2. The Morgan fingerprint density at radius 1 is 0.776 bits per heavy atom. The van der Waals surface area contributed by atoms with Gasteiger partial charge in [-0.25, -0.2) is 4.98 Å². The smallest absolute Gasteiger partial charge is 0.304 e. The molecule has 16 N–H and O–H groups in total. The van der Waals surface area contributed by atoms with Gasteiger partial charge in [0.05, 0.1) is 81.3 Å². The molecule has 3 aliphatic rings. The van der Waals surface area contributed by atoms with Crippen molar-refractivity contribution in [2.45, 2.75) is 198 Å². The maximum atomic E-state index is 14.0. The number of ketones is 4. The minimum Gasteiger partial charge on any atom is -0.481 e. The highest BCUT2D eigenvalue weighted by Gasteiger charge is 2.51. The largest absolute Gasteiger partial charge is 0.481 e. The molecule has 0 saturated carbocycles. The highest BCUT2D eigenvalue weighted by atomic mass is 16.7. The Balaban J connectivity index is 1.38. The number of carboxylic acid groups (broad SMARTS) is 1. The third-order valence-electron chi connectivity index (χ3n) is 15.5. The number of aliphatic hydroxyl groups is 8. The van der Waals surface area contributed by atoms with Crippen molar-refractivity contribution in [2.24, 2.45) is 35.3 Å². The molecule has 3 aliphatic heterocycles. The lowest BCUT2D eigenvalue weighted by molar-refractivity contribution is -0.354. The molecule has 0 aliphatic carbocycles. The van der Waals surface area contributed by atoms with Gasteiger partial charge in [0, 0.05) is 62.4 Å². The van der Waals surface area contributed by atoms with Gasteiger partial charge in [-0.15, -0.1) is 0 Å².